The quantitative estimate of drug-likeness (QED) is 0.565. The molecule has 166 valence electrons. The van der Waals surface area contributed by atoms with Gasteiger partial charge in [0.1, 0.15) is 11.1 Å². The van der Waals surface area contributed by atoms with Crippen molar-refractivity contribution < 1.29 is 18.7 Å². The van der Waals surface area contributed by atoms with Crippen molar-refractivity contribution in [3.05, 3.63) is 45.0 Å². The summed E-state index contributed by atoms with van der Waals surface area (Å²) in [5.74, 6) is -0.107. The number of carbonyl (C=O) groups excluding carboxylic acids is 1. The minimum atomic E-state index is -3.49. The van der Waals surface area contributed by atoms with Gasteiger partial charge in [-0.3, -0.25) is 4.79 Å². The van der Waals surface area contributed by atoms with E-state index in [9.17, 15) is 9.00 Å². The van der Waals surface area contributed by atoms with Gasteiger partial charge in [-0.15, -0.1) is 4.36 Å². The Labute approximate surface area is 180 Å². The second-order valence-corrected chi connectivity index (χ2v) is 10.4. The molecule has 0 radical (unpaired) electrons. The van der Waals surface area contributed by atoms with Crippen molar-refractivity contribution in [1.82, 2.24) is 0 Å². The molecule has 0 saturated carbocycles. The maximum atomic E-state index is 12.8. The predicted molar refractivity (Wildman–Crippen MR) is 121 cm³/mol. The fourth-order valence-corrected chi connectivity index (χ4v) is 4.39. The van der Waals surface area contributed by atoms with Gasteiger partial charge in [-0.05, 0) is 53.5 Å². The Hall–Kier alpha value is -2.03. The van der Waals surface area contributed by atoms with Crippen LogP contribution in [-0.2, 0) is 39.1 Å². The van der Waals surface area contributed by atoms with Gasteiger partial charge in [0.25, 0.3) is 5.91 Å². The molecule has 1 amide bonds. The van der Waals surface area contributed by atoms with Gasteiger partial charge in [0.15, 0.2) is 16.1 Å². The van der Waals surface area contributed by atoms with Crippen molar-refractivity contribution in [3.63, 3.8) is 0 Å². The first-order valence-corrected chi connectivity index (χ1v) is 11.9. The summed E-state index contributed by atoms with van der Waals surface area (Å²) < 4.78 is 22.2. The third kappa shape index (κ3) is 5.77. The molecule has 0 aliphatic carbocycles. The Kier molecular flexibility index (Phi) is 7.96. The zero-order valence-electron chi connectivity index (χ0n) is 18.8. The Morgan fingerprint density at radius 1 is 1.23 bits per heavy atom. The Bertz CT molecular complexity index is 985. The molecule has 1 unspecified atom stereocenters. The molecule has 1 heterocycles. The standard InChI is InChI=1S/C22H34N4O3S/c1-13(2)17-9-16-11-29-12-19(16)22(14(3)4)18(17)10-21(27)26-30(24,28)20(23)7-8-25-15(5)6/h7-9,13-15H,10-12,23H2,1-6H3,(H2,24,26,27,28)/p+1/b20-7+,25-8?. The van der Waals surface area contributed by atoms with Crippen molar-refractivity contribution in [2.45, 2.75) is 79.1 Å². The second-order valence-electron chi connectivity index (χ2n) is 8.59. The zero-order valence-corrected chi connectivity index (χ0v) is 19.6. The van der Waals surface area contributed by atoms with Gasteiger partial charge in [0.2, 0.25) is 0 Å². The molecule has 0 saturated heterocycles. The molecule has 5 N–H and O–H groups in total. The molecule has 0 fully saturated rings. The number of nitrogens with two attached hydrogens (primary N) is 2. The van der Waals surface area contributed by atoms with E-state index in [4.69, 9.17) is 15.6 Å². The van der Waals surface area contributed by atoms with Crippen molar-refractivity contribution >= 4 is 22.0 Å². The largest absolute Gasteiger partial charge is 0.390 e. The lowest BCUT2D eigenvalue weighted by atomic mass is 9.82. The second kappa shape index (κ2) is 9.85. The van der Waals surface area contributed by atoms with E-state index in [1.807, 2.05) is 13.8 Å². The van der Waals surface area contributed by atoms with Crippen molar-refractivity contribution in [2.75, 3.05) is 0 Å². The molecule has 0 aromatic heterocycles. The molecule has 2 rings (SSSR count). The van der Waals surface area contributed by atoms with Gasteiger partial charge in [-0.1, -0.05) is 33.8 Å². The smallest absolute Gasteiger partial charge is 0.259 e. The number of fused-ring (bicyclic) bond motifs is 1. The Morgan fingerprint density at radius 3 is 2.47 bits per heavy atom. The van der Waals surface area contributed by atoms with E-state index in [1.54, 1.807) is 6.21 Å². The summed E-state index contributed by atoms with van der Waals surface area (Å²) in [7, 11) is -3.49. The Balaban J connectivity index is 2.45. The van der Waals surface area contributed by atoms with E-state index in [1.165, 1.54) is 11.6 Å². The van der Waals surface area contributed by atoms with Crippen LogP contribution in [0.1, 0.15) is 81.2 Å². The van der Waals surface area contributed by atoms with E-state index in [-0.39, 0.29) is 29.3 Å². The maximum absolute atomic E-state index is 12.8. The fraction of sp³-hybridized carbons (Fsp3) is 0.545. The van der Waals surface area contributed by atoms with Crippen LogP contribution < -0.4 is 15.9 Å². The van der Waals surface area contributed by atoms with Crippen LogP contribution in [0.4, 0.5) is 0 Å². The van der Waals surface area contributed by atoms with Gasteiger partial charge < -0.3 is 10.5 Å². The van der Waals surface area contributed by atoms with Gasteiger partial charge in [0, 0.05) is 6.08 Å². The van der Waals surface area contributed by atoms with Gasteiger partial charge in [0.05, 0.1) is 19.6 Å². The normalized spacial score (nSPS) is 16.5. The molecule has 1 aliphatic rings. The van der Waals surface area contributed by atoms with Crippen LogP contribution in [0.5, 0.6) is 0 Å². The molecule has 30 heavy (non-hydrogen) atoms. The first-order valence-electron chi connectivity index (χ1n) is 10.3. The monoisotopic (exact) mass is 435 g/mol. The summed E-state index contributed by atoms with van der Waals surface area (Å²) in [5.41, 5.74) is 11.3. The molecular weight excluding hydrogens is 400 g/mol. The van der Waals surface area contributed by atoms with E-state index < -0.39 is 15.8 Å². The van der Waals surface area contributed by atoms with Crippen molar-refractivity contribution in [2.24, 2.45) is 15.2 Å². The molecule has 0 spiro atoms. The number of carbonyl (C=O) groups is 1. The van der Waals surface area contributed by atoms with Gasteiger partial charge >= 0.3 is 0 Å². The lowest BCUT2D eigenvalue weighted by Gasteiger charge is -2.22. The summed E-state index contributed by atoms with van der Waals surface area (Å²) >= 11 is 0. The zero-order chi connectivity index (χ0) is 22.6. The number of hydrogen-bond acceptors (Lipinski definition) is 4. The lowest BCUT2D eigenvalue weighted by Crippen LogP contribution is -2.74. The summed E-state index contributed by atoms with van der Waals surface area (Å²) in [5, 5.41) is 5.66. The van der Waals surface area contributed by atoms with Gasteiger partial charge in [-0.2, -0.15) is 0 Å². The molecule has 1 atom stereocenters. The maximum Gasteiger partial charge on any atom is 0.259 e. The number of amides is 1. The van der Waals surface area contributed by atoms with Crippen LogP contribution in [0.25, 0.3) is 0 Å². The third-order valence-electron chi connectivity index (χ3n) is 5.00. The average molecular weight is 436 g/mol. The number of benzene rings is 1. The van der Waals surface area contributed by atoms with E-state index in [0.717, 1.165) is 22.3 Å². The highest BCUT2D eigenvalue weighted by atomic mass is 32.2. The molecular formula is C22H35N4O3S+. The molecule has 1 aliphatic heterocycles. The summed E-state index contributed by atoms with van der Waals surface area (Å²) in [4.78, 5) is 15.8. The minimum Gasteiger partial charge on any atom is -0.390 e. The minimum absolute atomic E-state index is 0.0315. The molecule has 1 aromatic carbocycles. The highest BCUT2D eigenvalue weighted by Crippen LogP contribution is 2.37. The highest BCUT2D eigenvalue weighted by molar-refractivity contribution is 7.95. The Morgan fingerprint density at radius 2 is 1.90 bits per heavy atom. The topological polar surface area (TPSA) is 122 Å². The lowest BCUT2D eigenvalue weighted by molar-refractivity contribution is -0.487. The van der Waals surface area contributed by atoms with Crippen LogP contribution >= 0.6 is 0 Å². The predicted octanol–water partition coefficient (Wildman–Crippen LogP) is 1.73. The van der Waals surface area contributed by atoms with Crippen molar-refractivity contribution in [3.8, 4) is 0 Å². The number of nitrogens with one attached hydrogen (secondary N) is 1. The SMILES string of the molecule is CC(C)[NH+]=C/C=C(\N)S(N)(=O)=NC(=O)Cc1c(C(C)C)cc2c(c1C(C)C)COC2. The first-order chi connectivity index (χ1) is 13.9. The average Bonchev–Trinajstić information content (AvgIpc) is 3.07. The van der Waals surface area contributed by atoms with Crippen LogP contribution in [0.3, 0.4) is 0 Å². The summed E-state index contributed by atoms with van der Waals surface area (Å²) in [6.07, 6.45) is 2.98. The van der Waals surface area contributed by atoms with Crippen LogP contribution in [0, 0.1) is 0 Å². The van der Waals surface area contributed by atoms with E-state index >= 15 is 0 Å². The molecule has 7 nitrogen and oxygen atoms in total. The third-order valence-corrected chi connectivity index (χ3v) is 6.29. The van der Waals surface area contributed by atoms with E-state index in [0.29, 0.717) is 13.2 Å². The summed E-state index contributed by atoms with van der Waals surface area (Å²) in [6, 6.07) is 2.32. The fourth-order valence-electron chi connectivity index (χ4n) is 3.65. The van der Waals surface area contributed by atoms with Crippen molar-refractivity contribution in [1.29, 1.82) is 0 Å². The summed E-state index contributed by atoms with van der Waals surface area (Å²) in [6.45, 7) is 13.4. The number of nitrogens with zero attached hydrogens (tertiary/aromatic N) is 1. The molecule has 0 bridgehead atoms. The van der Waals surface area contributed by atoms with Crippen LogP contribution in [0.15, 0.2) is 21.5 Å². The van der Waals surface area contributed by atoms with Crippen LogP contribution in [0.2, 0.25) is 0 Å². The first kappa shape index (κ1) is 24.2. The number of rotatable bonds is 7. The molecule has 8 heteroatoms. The highest BCUT2D eigenvalue weighted by Gasteiger charge is 2.26. The number of allylic oxidation sites excluding steroid dienone is 1. The van der Waals surface area contributed by atoms with E-state index in [2.05, 4.69) is 43.1 Å². The number of ether oxygens (including phenoxy) is 1. The van der Waals surface area contributed by atoms with Crippen LogP contribution in [-0.4, -0.2) is 22.4 Å². The number of hydrogen-bond donors (Lipinski definition) is 3. The molecule has 1 aromatic rings. The van der Waals surface area contributed by atoms with Gasteiger partial charge in [-0.25, -0.2) is 14.3 Å².